The Labute approximate surface area is 512 Å². The molecule has 1 heterocycles. The van der Waals surface area contributed by atoms with Gasteiger partial charge >= 0.3 is 46.8 Å². The number of para-hydroxylation sites is 1. The third kappa shape index (κ3) is 17.2. The first-order valence-corrected chi connectivity index (χ1v) is 28.5. The van der Waals surface area contributed by atoms with E-state index in [0.717, 1.165) is 25.7 Å². The van der Waals surface area contributed by atoms with Gasteiger partial charge in [0.1, 0.15) is 23.9 Å². The number of carbonyl (C=O) groups is 3. The zero-order chi connectivity index (χ0) is 57.8. The van der Waals surface area contributed by atoms with E-state index < -0.39 is 35.0 Å². The molecule has 3 N–H and O–H groups in total. The normalized spacial score (nSPS) is 11.8. The Bertz CT molecular complexity index is 3520. The van der Waals surface area contributed by atoms with Crippen molar-refractivity contribution in [3.05, 3.63) is 179 Å². The number of azo groups is 1. The van der Waals surface area contributed by atoms with Crippen LogP contribution >= 0.6 is 11.6 Å². The Kier molecular flexibility index (Phi) is 23.9. The van der Waals surface area contributed by atoms with Gasteiger partial charge in [0.2, 0.25) is 17.8 Å². The van der Waals surface area contributed by atoms with Crippen LogP contribution in [0, 0.1) is 13.0 Å². The number of unbranched alkanes of at least 4 members (excludes halogenated alkanes) is 9. The van der Waals surface area contributed by atoms with Crippen LogP contribution in [0.25, 0.3) is 16.5 Å². The van der Waals surface area contributed by atoms with E-state index in [9.17, 15) is 23.7 Å². The average molecular weight is 1170 g/mol. The van der Waals surface area contributed by atoms with Crippen molar-refractivity contribution < 1.29 is 81.1 Å². The quantitative estimate of drug-likeness (QED) is 0.00730. The number of Topliss-reactive ketones (excluding diaryl/α,β-unsaturated/α-hetero) is 1. The standard InChI is InChI=1S/C63H64ClN6O11S.Na/c1-5-6-7-8-9-10-11-12-13-22-37-78-63(74)44-31-35-52(64)54(38-44)65-61(73)60(58(71)43-29-32-47(76-3)33-30-43)80-62-51(42(2)68-70(62)46-25-18-15-19-26-46)41-79-48-34-36-56(77-4)55(39-48)69-82(75)81-57-40-53(67-66-45-23-16-14-17-24-45)49-27-20-21-28-50(49)59(57)72;/h15-21,23-36,38-40,60,69,72H,5-13,22,37,41H2,1-4H3,(H,65,73);/q-1;+1. The Morgan fingerprint density at radius 3 is 2.10 bits per heavy atom. The van der Waals surface area contributed by atoms with Crippen molar-refractivity contribution in [3.8, 4) is 40.3 Å². The van der Waals surface area contributed by atoms with Crippen LogP contribution in [0.3, 0.4) is 0 Å². The Balaban J connectivity index is 0.00000990. The van der Waals surface area contributed by atoms with Crippen LogP contribution in [-0.4, -0.2) is 63.7 Å². The van der Waals surface area contributed by atoms with Crippen LogP contribution < -0.4 is 62.7 Å². The number of carbonyl (C=O) groups excluding carboxylic acids is 3. The van der Waals surface area contributed by atoms with Gasteiger partial charge in [0.25, 0.3) is 5.91 Å². The zero-order valence-corrected chi connectivity index (χ0v) is 50.6. The zero-order valence-electron chi connectivity index (χ0n) is 47.0. The average Bonchev–Trinajstić information content (AvgIpc) is 3.97. The molecule has 1 amide bonds. The molecule has 0 aliphatic rings. The molecule has 0 aliphatic carbocycles. The molecule has 2 atom stereocenters. The number of aryl methyl sites for hydroxylation is 1. The monoisotopic (exact) mass is 1170 g/mol. The molecule has 20 heteroatoms. The maximum absolute atomic E-state index is 14.7. The molecule has 17 nitrogen and oxygen atoms in total. The molecule has 2 unspecified atom stereocenters. The van der Waals surface area contributed by atoms with Gasteiger partial charge in [0.05, 0.1) is 65.4 Å². The third-order valence-electron chi connectivity index (χ3n) is 13.3. The molecular formula is C63H64ClN6NaO11S. The van der Waals surface area contributed by atoms with Gasteiger partial charge < -0.3 is 38.3 Å². The number of ketones is 1. The van der Waals surface area contributed by atoms with Crippen LogP contribution in [0.4, 0.5) is 22.7 Å². The molecule has 0 saturated heterocycles. The number of amides is 1. The second-order valence-electron chi connectivity index (χ2n) is 19.0. The number of hydrogen-bond acceptors (Lipinski definition) is 14. The van der Waals surface area contributed by atoms with Gasteiger partial charge in [-0.15, -0.1) is 12.1 Å². The summed E-state index contributed by atoms with van der Waals surface area (Å²) >= 11 is 4.33. The van der Waals surface area contributed by atoms with Crippen LogP contribution in [0.5, 0.6) is 34.6 Å². The van der Waals surface area contributed by atoms with Crippen LogP contribution in [-0.2, 0) is 27.4 Å². The summed E-state index contributed by atoms with van der Waals surface area (Å²) in [4.78, 5) is 42.7. The van der Waals surface area contributed by atoms with Crippen molar-refractivity contribution in [2.45, 2.75) is 90.8 Å². The van der Waals surface area contributed by atoms with E-state index in [1.165, 1.54) is 99.9 Å². The number of nitrogens with one attached hydrogen (secondary N) is 2. The number of phenols is 1. The molecule has 8 rings (SSSR count). The fraction of sp³-hybridized carbons (Fsp3) is 0.270. The van der Waals surface area contributed by atoms with E-state index in [-0.39, 0.29) is 99.2 Å². The van der Waals surface area contributed by atoms with Gasteiger partial charge in [-0.05, 0) is 85.8 Å². The number of esters is 1. The number of aromatic nitrogens is 2. The van der Waals surface area contributed by atoms with E-state index in [2.05, 4.69) is 33.3 Å². The minimum atomic E-state index is -2.33. The molecule has 0 fully saturated rings. The third-order valence-corrected chi connectivity index (χ3v) is 14.3. The number of hydrogen-bond donors (Lipinski definition) is 3. The van der Waals surface area contributed by atoms with Crippen LogP contribution in [0.15, 0.2) is 156 Å². The van der Waals surface area contributed by atoms with Crippen molar-refractivity contribution in [1.29, 1.82) is 0 Å². The summed E-state index contributed by atoms with van der Waals surface area (Å²) in [5.74, 6) is -1.60. The topological polar surface area (TPSA) is 210 Å². The largest absolute Gasteiger partial charge is 1.00 e. The summed E-state index contributed by atoms with van der Waals surface area (Å²) in [6, 6.07) is 42.6. The molecule has 8 aromatic rings. The summed E-state index contributed by atoms with van der Waals surface area (Å²) in [6.07, 6.45) is 9.52. The van der Waals surface area contributed by atoms with Gasteiger partial charge in [-0.25, -0.2) is 9.48 Å². The van der Waals surface area contributed by atoms with Crippen molar-refractivity contribution in [2.24, 2.45) is 10.2 Å². The van der Waals surface area contributed by atoms with Crippen molar-refractivity contribution in [1.82, 2.24) is 9.78 Å². The van der Waals surface area contributed by atoms with Gasteiger partial charge in [-0.2, -0.15) is 37.7 Å². The number of nitrogens with zero attached hydrogens (tertiary/aromatic N) is 4. The first-order valence-electron chi connectivity index (χ1n) is 27.0. The van der Waals surface area contributed by atoms with Crippen LogP contribution in [0.2, 0.25) is 5.02 Å². The van der Waals surface area contributed by atoms with Crippen molar-refractivity contribution in [3.63, 3.8) is 0 Å². The van der Waals surface area contributed by atoms with E-state index in [4.69, 9.17) is 44.6 Å². The van der Waals surface area contributed by atoms with Crippen molar-refractivity contribution in [2.75, 3.05) is 30.9 Å². The first-order chi connectivity index (χ1) is 39.9. The second-order valence-corrected chi connectivity index (χ2v) is 20.3. The van der Waals surface area contributed by atoms with Gasteiger partial charge in [0.15, 0.2) is 11.5 Å². The molecular weight excluding hydrogens is 1110 g/mol. The maximum Gasteiger partial charge on any atom is 1.00 e. The Morgan fingerprint density at radius 1 is 0.735 bits per heavy atom. The summed E-state index contributed by atoms with van der Waals surface area (Å²) in [5, 5.41) is 28.6. The molecule has 0 bridgehead atoms. The molecule has 83 heavy (non-hydrogen) atoms. The number of fused-ring (bicyclic) bond motifs is 1. The summed E-state index contributed by atoms with van der Waals surface area (Å²) in [6.45, 7) is 3.96. The van der Waals surface area contributed by atoms with E-state index in [1.54, 1.807) is 104 Å². The maximum atomic E-state index is 14.7. The number of methoxy groups -OCH3 is 2. The second kappa shape index (κ2) is 31.6. The number of anilines is 2. The van der Waals surface area contributed by atoms with Gasteiger partial charge in [-0.3, -0.25) is 14.3 Å². The predicted molar refractivity (Wildman–Crippen MR) is 317 cm³/mol. The first kappa shape index (κ1) is 62.9. The van der Waals surface area contributed by atoms with Crippen LogP contribution in [0.1, 0.15) is 103 Å². The number of ether oxygens (including phenoxy) is 5. The molecule has 0 radical (unpaired) electrons. The number of rotatable bonds is 30. The van der Waals surface area contributed by atoms with E-state index in [1.807, 2.05) is 6.07 Å². The van der Waals surface area contributed by atoms with E-state index >= 15 is 0 Å². The summed E-state index contributed by atoms with van der Waals surface area (Å²) in [7, 11) is 2.93. The predicted octanol–water partition coefficient (Wildman–Crippen LogP) is 11.9. The SMILES string of the molecule is CCCCCCCCCCCCOC(=O)c1ccc(Cl)c(NC(=O)C(Oc2c(COc3ccc(OC)c(NS(=O)Oc4cc(N=Nc5cc[c-]cc5)c5ccccc5c4O)c3)c(C)nn2-c2ccccc2)C(=O)c2ccc(OC)cc2)c1.[Na+]. The smallest absolute Gasteiger partial charge is 0.504 e. The molecule has 426 valence electrons. The minimum absolute atomic E-state index is 0. The number of phenolic OH excluding ortho intramolecular Hbond substituents is 1. The Morgan fingerprint density at radius 2 is 1.40 bits per heavy atom. The summed E-state index contributed by atoms with van der Waals surface area (Å²) in [5.41, 5.74) is 2.78. The molecule has 0 spiro atoms. The summed E-state index contributed by atoms with van der Waals surface area (Å²) < 4.78 is 53.4. The fourth-order valence-corrected chi connectivity index (χ4v) is 9.66. The van der Waals surface area contributed by atoms with Gasteiger partial charge in [0, 0.05) is 28.5 Å². The van der Waals surface area contributed by atoms with Crippen molar-refractivity contribution >= 4 is 74.0 Å². The number of halogens is 1. The minimum Gasteiger partial charge on any atom is -0.504 e. The van der Waals surface area contributed by atoms with E-state index in [0.29, 0.717) is 44.8 Å². The Hall–Kier alpha value is -7.74. The fourth-order valence-electron chi connectivity index (χ4n) is 8.82. The molecule has 0 aliphatic heterocycles. The molecule has 0 saturated carbocycles. The molecule has 7 aromatic carbocycles. The molecule has 1 aromatic heterocycles. The number of aromatic hydroxyl groups is 1. The van der Waals surface area contributed by atoms with Gasteiger partial charge in [-0.1, -0.05) is 119 Å². The number of benzene rings is 7.